The molecule has 0 nitrogen and oxygen atoms in total. The Bertz CT molecular complexity index is 49.3. The number of alkyl halides is 1. The van der Waals surface area contributed by atoms with Crippen LogP contribution in [0.3, 0.4) is 0 Å². The number of hydrogen-bond acceptors (Lipinski definition) is 0. The van der Waals surface area contributed by atoms with Crippen molar-refractivity contribution in [2.75, 3.05) is 7.18 Å². The van der Waals surface area contributed by atoms with E-state index >= 15 is 0 Å². The fraction of sp³-hybridized carbons (Fsp3) is 0.500. The average molecular weight is 175 g/mol. The highest BCUT2D eigenvalue weighted by Crippen LogP contribution is 2.01. The fourth-order valence-electron chi connectivity index (χ4n) is 0.126. The van der Waals surface area contributed by atoms with Crippen LogP contribution >= 0.6 is 22.2 Å². The van der Waals surface area contributed by atoms with Crippen LogP contribution in [0, 0.1) is 0 Å². The lowest BCUT2D eigenvalue weighted by molar-refractivity contribution is 0.636. The lowest BCUT2D eigenvalue weighted by Gasteiger charge is -1.83. The van der Waals surface area contributed by atoms with Gasteiger partial charge in [0.1, 0.15) is 0 Å². The largest absolute Gasteiger partial charge is 0.255 e. The van der Waals surface area contributed by atoms with Crippen LogP contribution in [-0.2, 0) is 0 Å². The van der Waals surface area contributed by atoms with Crippen molar-refractivity contribution in [3.05, 3.63) is 12.7 Å². The van der Waals surface area contributed by atoms with Crippen LogP contribution in [0.5, 0.6) is 0 Å². The highest BCUT2D eigenvalue weighted by molar-refractivity contribution is 7.33. The van der Waals surface area contributed by atoms with Crippen molar-refractivity contribution in [2.24, 2.45) is 0 Å². The predicted octanol–water partition coefficient (Wildman–Crippen LogP) is 2.46. The molecule has 0 atom stereocenters. The molecule has 0 saturated heterocycles. The molecule has 4 heteroatoms. The Morgan fingerprint density at radius 2 is 2.00 bits per heavy atom. The summed E-state index contributed by atoms with van der Waals surface area (Å²) in [5, 5.41) is 0. The van der Waals surface area contributed by atoms with Gasteiger partial charge in [-0.3, -0.25) is 4.39 Å². The first kappa shape index (κ1) is 11.3. The van der Waals surface area contributed by atoms with Gasteiger partial charge in [0.25, 0.3) is 0 Å². The van der Waals surface area contributed by atoms with Crippen LogP contribution in [0.25, 0.3) is 0 Å². The molecule has 0 aromatic carbocycles. The topological polar surface area (TPSA) is 0 Å². The molecule has 0 aromatic heterocycles. The summed E-state index contributed by atoms with van der Waals surface area (Å²) >= 11 is 10.8. The minimum absolute atomic E-state index is 0.500. The summed E-state index contributed by atoms with van der Waals surface area (Å²) in [6.45, 7) is 3.47. The molecule has 0 aliphatic rings. The third kappa shape index (κ3) is 16.1. The molecule has 0 saturated carbocycles. The third-order valence-electron chi connectivity index (χ3n) is 0.345. The monoisotopic (exact) mass is 174 g/mol. The molecule has 0 radical (unpaired) electrons. The first-order valence-corrected chi connectivity index (χ1v) is 6.35. The van der Waals surface area contributed by atoms with Gasteiger partial charge in [-0.1, -0.05) is 6.08 Å². The zero-order valence-corrected chi connectivity index (χ0v) is 7.37. The van der Waals surface area contributed by atoms with Crippen LogP contribution in [0.2, 0.25) is 6.04 Å². The Morgan fingerprint density at radius 3 is 2.00 bits per heavy atom. The molecule has 0 N–H and O–H groups in total. The molecule has 0 unspecified atom stereocenters. The first-order chi connectivity index (χ1) is 3.77. The maximum absolute atomic E-state index is 9.50. The van der Waals surface area contributed by atoms with E-state index < -0.39 is 7.42 Å². The van der Waals surface area contributed by atoms with Gasteiger partial charge in [0.05, 0.1) is 7.18 Å². The van der Waals surface area contributed by atoms with Crippen molar-refractivity contribution in [1.29, 1.82) is 0 Å². The number of halogens is 3. The van der Waals surface area contributed by atoms with Gasteiger partial charge in [0.15, 0.2) is 0 Å². The summed E-state index contributed by atoms with van der Waals surface area (Å²) in [6, 6.07) is 0.809. The molecule has 0 rings (SSSR count). The van der Waals surface area contributed by atoms with Crippen molar-refractivity contribution in [3.63, 3.8) is 0 Å². The highest BCUT2D eigenvalue weighted by atomic mass is 35.7. The van der Waals surface area contributed by atoms with E-state index in [9.17, 15) is 4.39 Å². The molecule has 50 valence electrons. The normalized spacial score (nSPS) is 7.62. The van der Waals surface area contributed by atoms with E-state index in [-0.39, 0.29) is 0 Å². The zero-order valence-electron chi connectivity index (χ0n) is 4.70. The van der Waals surface area contributed by atoms with Crippen molar-refractivity contribution < 1.29 is 4.39 Å². The Balaban J connectivity index is 0. The zero-order chi connectivity index (χ0) is 6.99. The molecule has 0 aliphatic heterocycles. The molecule has 0 fully saturated rings. The molecule has 0 amide bonds. The van der Waals surface area contributed by atoms with Crippen molar-refractivity contribution in [3.8, 4) is 0 Å². The van der Waals surface area contributed by atoms with Gasteiger partial charge in [0.2, 0.25) is 7.42 Å². The van der Waals surface area contributed by atoms with Gasteiger partial charge < -0.3 is 0 Å². The second kappa shape index (κ2) is 10.4. The summed E-state index contributed by atoms with van der Waals surface area (Å²) in [7, 11) is -0.844. The Labute approximate surface area is 60.3 Å². The van der Waals surface area contributed by atoms with E-state index in [0.29, 0.717) is 7.18 Å². The molecule has 0 bridgehead atoms. The summed E-state index contributed by atoms with van der Waals surface area (Å²) in [4.78, 5) is 0. The summed E-state index contributed by atoms with van der Waals surface area (Å²) < 4.78 is 9.50. The molecular weight excluding hydrogens is 166 g/mol. The van der Waals surface area contributed by atoms with Crippen molar-refractivity contribution in [1.82, 2.24) is 0 Å². The Hall–Kier alpha value is 0.467. The summed E-state index contributed by atoms with van der Waals surface area (Å²) in [6.07, 6.45) is 1.75. The van der Waals surface area contributed by atoms with Crippen molar-refractivity contribution in [2.45, 2.75) is 6.04 Å². The minimum Gasteiger partial charge on any atom is -0.255 e. The maximum atomic E-state index is 9.50. The first-order valence-electron chi connectivity index (χ1n) is 2.04. The molecule has 0 spiro atoms. The number of hydrogen-bond donors (Lipinski definition) is 0. The Kier molecular flexibility index (Phi) is 14.7. The van der Waals surface area contributed by atoms with E-state index in [2.05, 4.69) is 6.58 Å². The van der Waals surface area contributed by atoms with Gasteiger partial charge in [-0.15, -0.1) is 6.58 Å². The fourth-order valence-corrected chi connectivity index (χ4v) is 1.13. The van der Waals surface area contributed by atoms with Crippen LogP contribution in [0.1, 0.15) is 0 Å². The van der Waals surface area contributed by atoms with E-state index in [0.717, 1.165) is 6.04 Å². The lowest BCUT2D eigenvalue weighted by Crippen LogP contribution is -1.84. The minimum atomic E-state index is -1.34. The van der Waals surface area contributed by atoms with Gasteiger partial charge in [-0.2, -0.15) is 22.2 Å². The second-order valence-corrected chi connectivity index (χ2v) is 6.00. The van der Waals surface area contributed by atoms with Crippen LogP contribution in [0.4, 0.5) is 4.39 Å². The van der Waals surface area contributed by atoms with Crippen molar-refractivity contribution >= 4 is 29.6 Å². The predicted molar refractivity (Wildman–Crippen MR) is 40.9 cm³/mol. The molecular formula is C4H9Cl2FSi. The average Bonchev–Trinajstić information content (AvgIpc) is 1.72. The summed E-state index contributed by atoms with van der Waals surface area (Å²) in [5.74, 6) is 0. The second-order valence-electron chi connectivity index (χ2n) is 0.915. The van der Waals surface area contributed by atoms with E-state index in [1.807, 2.05) is 0 Å². The molecule has 0 aliphatic carbocycles. The number of rotatable bonds is 2. The highest BCUT2D eigenvalue weighted by Gasteiger charge is 1.93. The van der Waals surface area contributed by atoms with Gasteiger partial charge >= 0.3 is 0 Å². The smallest absolute Gasteiger partial charge is 0.240 e. The number of allylic oxidation sites excluding steroid dienone is 1. The SMILES string of the molecule is C=CC[SiH](Cl)Cl.CF. The van der Waals surface area contributed by atoms with Crippen LogP contribution < -0.4 is 0 Å². The molecule has 0 heterocycles. The maximum Gasteiger partial charge on any atom is 0.240 e. The quantitative estimate of drug-likeness (QED) is 0.343. The van der Waals surface area contributed by atoms with Crippen LogP contribution in [-0.4, -0.2) is 14.6 Å². The van der Waals surface area contributed by atoms with Gasteiger partial charge in [-0.25, -0.2) is 0 Å². The molecule has 8 heavy (non-hydrogen) atoms. The third-order valence-corrected chi connectivity index (χ3v) is 2.10. The standard InChI is InChI=1S/C3H6Cl2Si.CH3F/c1-2-3-6(4)5;1-2/h2,6H,1,3H2;1H3. The van der Waals surface area contributed by atoms with E-state index in [1.54, 1.807) is 6.08 Å². The molecule has 0 aromatic rings. The van der Waals surface area contributed by atoms with Crippen LogP contribution in [0.15, 0.2) is 12.7 Å². The van der Waals surface area contributed by atoms with Gasteiger partial charge in [0, 0.05) is 0 Å². The van der Waals surface area contributed by atoms with E-state index in [1.165, 1.54) is 0 Å². The Morgan fingerprint density at radius 1 is 1.62 bits per heavy atom. The lowest BCUT2D eigenvalue weighted by atomic mass is 10.8. The van der Waals surface area contributed by atoms with Gasteiger partial charge in [-0.05, 0) is 6.04 Å². The summed E-state index contributed by atoms with van der Waals surface area (Å²) in [5.41, 5.74) is 0. The van der Waals surface area contributed by atoms with E-state index in [4.69, 9.17) is 22.2 Å².